The maximum Gasteiger partial charge on any atom is 0.255 e. The Labute approximate surface area is 173 Å². The van der Waals surface area contributed by atoms with E-state index in [-0.39, 0.29) is 10.9 Å². The first-order valence-electron chi connectivity index (χ1n) is 9.01. The van der Waals surface area contributed by atoms with Crippen molar-refractivity contribution in [2.24, 2.45) is 0 Å². The van der Waals surface area contributed by atoms with Crippen LogP contribution in [0.4, 0.5) is 0 Å². The van der Waals surface area contributed by atoms with E-state index in [1.165, 1.54) is 5.56 Å². The first-order chi connectivity index (χ1) is 13.4. The molecule has 0 aliphatic carbocycles. The Balaban J connectivity index is 1.54. The number of halogens is 2. The van der Waals surface area contributed by atoms with Crippen LogP contribution in [0.1, 0.15) is 38.7 Å². The molecule has 0 atom stereocenters. The van der Waals surface area contributed by atoms with E-state index in [1.807, 2.05) is 17.7 Å². The summed E-state index contributed by atoms with van der Waals surface area (Å²) in [6.45, 7) is 5.58. The average Bonchev–Trinajstić information content (AvgIpc) is 3.04. The van der Waals surface area contributed by atoms with Crippen molar-refractivity contribution in [1.29, 1.82) is 0 Å². The maximum atomic E-state index is 12.9. The molecule has 0 unspecified atom stereocenters. The molecule has 0 fully saturated rings. The van der Waals surface area contributed by atoms with E-state index in [4.69, 9.17) is 23.2 Å². The van der Waals surface area contributed by atoms with Crippen molar-refractivity contribution in [1.82, 2.24) is 24.9 Å². The van der Waals surface area contributed by atoms with Gasteiger partial charge in [0, 0.05) is 18.7 Å². The number of hydrogen-bond donors (Lipinski definition) is 0. The third-order valence-electron chi connectivity index (χ3n) is 4.81. The van der Waals surface area contributed by atoms with Crippen LogP contribution >= 0.6 is 23.2 Å². The van der Waals surface area contributed by atoms with Gasteiger partial charge >= 0.3 is 0 Å². The number of amides is 1. The second kappa shape index (κ2) is 7.53. The molecule has 1 aromatic carbocycles. The molecule has 0 saturated carbocycles. The van der Waals surface area contributed by atoms with E-state index in [9.17, 15) is 4.79 Å². The van der Waals surface area contributed by atoms with Gasteiger partial charge in [0.15, 0.2) is 0 Å². The average molecular weight is 416 g/mol. The van der Waals surface area contributed by atoms with Crippen molar-refractivity contribution in [2.45, 2.75) is 33.4 Å². The van der Waals surface area contributed by atoms with Crippen molar-refractivity contribution in [3.8, 4) is 0 Å². The van der Waals surface area contributed by atoms with Gasteiger partial charge in [0.05, 0.1) is 40.1 Å². The molecule has 0 saturated heterocycles. The van der Waals surface area contributed by atoms with Crippen LogP contribution in [0, 0.1) is 13.8 Å². The third-order valence-corrected chi connectivity index (χ3v) is 5.63. The Morgan fingerprint density at radius 1 is 1.21 bits per heavy atom. The minimum absolute atomic E-state index is 0.149. The number of carbonyl (C=O) groups is 1. The minimum atomic E-state index is -0.149. The summed E-state index contributed by atoms with van der Waals surface area (Å²) in [5.41, 5.74) is 5.37. The number of aromatic nitrogens is 4. The molecule has 4 rings (SSSR count). The predicted octanol–water partition coefficient (Wildman–Crippen LogP) is 3.84. The highest BCUT2D eigenvalue weighted by atomic mass is 35.5. The lowest BCUT2D eigenvalue weighted by Crippen LogP contribution is -2.36. The number of aryl methyl sites for hydroxylation is 2. The summed E-state index contributed by atoms with van der Waals surface area (Å²) in [6.07, 6.45) is 0.678. The van der Waals surface area contributed by atoms with Crippen LogP contribution in [0.15, 0.2) is 30.3 Å². The predicted molar refractivity (Wildman–Crippen MR) is 108 cm³/mol. The Morgan fingerprint density at radius 2 is 2.04 bits per heavy atom. The molecule has 8 heteroatoms. The molecule has 3 aromatic rings. The number of pyridine rings is 1. The molecule has 28 heavy (non-hydrogen) atoms. The molecule has 6 nitrogen and oxygen atoms in total. The minimum Gasteiger partial charge on any atom is -0.332 e. The molecule has 0 spiro atoms. The van der Waals surface area contributed by atoms with Gasteiger partial charge in [0.1, 0.15) is 5.69 Å². The van der Waals surface area contributed by atoms with Crippen molar-refractivity contribution in [3.63, 3.8) is 0 Å². The number of nitrogens with zero attached hydrogens (tertiary/aromatic N) is 5. The zero-order valence-electron chi connectivity index (χ0n) is 15.6. The lowest BCUT2D eigenvalue weighted by atomic mass is 10.1. The second-order valence-corrected chi connectivity index (χ2v) is 7.78. The van der Waals surface area contributed by atoms with Crippen LogP contribution < -0.4 is 0 Å². The smallest absolute Gasteiger partial charge is 0.255 e. The SMILES string of the molecule is Cc1cc(C)nc(Cn2nnc3c2CCN(C(=O)c2cccc(Cl)c2Cl)C3)c1. The Bertz CT molecular complexity index is 1040. The molecule has 0 bridgehead atoms. The lowest BCUT2D eigenvalue weighted by molar-refractivity contribution is 0.0731. The van der Waals surface area contributed by atoms with Crippen molar-refractivity contribution in [3.05, 3.63) is 74.3 Å². The maximum absolute atomic E-state index is 12.9. The van der Waals surface area contributed by atoms with Crippen LogP contribution in [0.25, 0.3) is 0 Å². The summed E-state index contributed by atoms with van der Waals surface area (Å²) in [5.74, 6) is -0.149. The van der Waals surface area contributed by atoms with Crippen molar-refractivity contribution in [2.75, 3.05) is 6.54 Å². The van der Waals surface area contributed by atoms with E-state index in [2.05, 4.69) is 28.3 Å². The topological polar surface area (TPSA) is 63.9 Å². The molecule has 0 radical (unpaired) electrons. The number of benzene rings is 1. The fraction of sp³-hybridized carbons (Fsp3) is 0.300. The molecule has 1 aliphatic heterocycles. The van der Waals surface area contributed by atoms with E-state index in [0.29, 0.717) is 36.6 Å². The molecular weight excluding hydrogens is 397 g/mol. The van der Waals surface area contributed by atoms with Crippen molar-refractivity contribution >= 4 is 29.1 Å². The summed E-state index contributed by atoms with van der Waals surface area (Å²) >= 11 is 12.3. The first kappa shape index (κ1) is 18.9. The van der Waals surface area contributed by atoms with Crippen LogP contribution in [0.3, 0.4) is 0 Å². The van der Waals surface area contributed by atoms with Gasteiger partial charge < -0.3 is 4.90 Å². The van der Waals surface area contributed by atoms with Gasteiger partial charge in [-0.15, -0.1) is 5.10 Å². The number of hydrogen-bond acceptors (Lipinski definition) is 4. The summed E-state index contributed by atoms with van der Waals surface area (Å²) in [7, 11) is 0. The number of carbonyl (C=O) groups excluding carboxylic acids is 1. The van der Waals surface area contributed by atoms with Gasteiger partial charge in [-0.2, -0.15) is 0 Å². The standard InChI is InChI=1S/C20H19Cl2N5O/c1-12-8-13(2)23-14(9-12)10-27-18-6-7-26(11-17(18)24-25-27)20(28)15-4-3-5-16(21)19(15)22/h3-5,8-9H,6-7,10-11H2,1-2H3. The summed E-state index contributed by atoms with van der Waals surface area (Å²) < 4.78 is 1.88. The van der Waals surface area contributed by atoms with E-state index < -0.39 is 0 Å². The highest BCUT2D eigenvalue weighted by Gasteiger charge is 2.27. The van der Waals surface area contributed by atoms with Crippen molar-refractivity contribution < 1.29 is 4.79 Å². The van der Waals surface area contributed by atoms with E-state index in [1.54, 1.807) is 23.1 Å². The van der Waals surface area contributed by atoms with E-state index >= 15 is 0 Å². The highest BCUT2D eigenvalue weighted by molar-refractivity contribution is 6.43. The normalized spacial score (nSPS) is 13.5. The fourth-order valence-electron chi connectivity index (χ4n) is 3.56. The van der Waals surface area contributed by atoms with Crippen LogP contribution in [0.5, 0.6) is 0 Å². The molecule has 144 valence electrons. The second-order valence-electron chi connectivity index (χ2n) is 7.00. The van der Waals surface area contributed by atoms with Gasteiger partial charge in [0.25, 0.3) is 5.91 Å². The highest BCUT2D eigenvalue weighted by Crippen LogP contribution is 2.28. The largest absolute Gasteiger partial charge is 0.332 e. The summed E-state index contributed by atoms with van der Waals surface area (Å²) in [5, 5.41) is 9.24. The Kier molecular flexibility index (Phi) is 5.08. The Morgan fingerprint density at radius 3 is 2.82 bits per heavy atom. The zero-order valence-corrected chi connectivity index (χ0v) is 17.1. The van der Waals surface area contributed by atoms with Gasteiger partial charge in [0.2, 0.25) is 0 Å². The van der Waals surface area contributed by atoms with E-state index in [0.717, 1.165) is 22.8 Å². The summed E-state index contributed by atoms with van der Waals surface area (Å²) in [4.78, 5) is 19.2. The van der Waals surface area contributed by atoms with Crippen LogP contribution in [0.2, 0.25) is 10.0 Å². The lowest BCUT2D eigenvalue weighted by Gasteiger charge is -2.27. The Hall–Kier alpha value is -2.44. The van der Waals surface area contributed by atoms with Gasteiger partial charge in [-0.25, -0.2) is 4.68 Å². The third kappa shape index (κ3) is 3.62. The number of fused-ring (bicyclic) bond motifs is 1. The van der Waals surface area contributed by atoms with Gasteiger partial charge in [-0.3, -0.25) is 9.78 Å². The zero-order chi connectivity index (χ0) is 19.8. The number of rotatable bonds is 3. The summed E-state index contributed by atoms with van der Waals surface area (Å²) in [6, 6.07) is 9.19. The molecule has 0 N–H and O–H groups in total. The van der Waals surface area contributed by atoms with Gasteiger partial charge in [-0.05, 0) is 43.7 Å². The molecule has 2 aromatic heterocycles. The molecule has 1 aliphatic rings. The van der Waals surface area contributed by atoms with Gasteiger partial charge in [-0.1, -0.05) is 34.5 Å². The first-order valence-corrected chi connectivity index (χ1v) is 9.76. The van der Waals surface area contributed by atoms with Crippen LogP contribution in [-0.2, 0) is 19.5 Å². The fourth-order valence-corrected chi connectivity index (χ4v) is 3.95. The molecule has 3 heterocycles. The molecule has 1 amide bonds. The van der Waals surface area contributed by atoms with Crippen LogP contribution in [-0.4, -0.2) is 37.3 Å². The quantitative estimate of drug-likeness (QED) is 0.651. The monoisotopic (exact) mass is 415 g/mol. The molecular formula is C20H19Cl2N5O.